The van der Waals surface area contributed by atoms with Crippen LogP contribution in [0.15, 0.2) is 10.8 Å². The van der Waals surface area contributed by atoms with Crippen molar-refractivity contribution in [1.29, 1.82) is 5.26 Å². The summed E-state index contributed by atoms with van der Waals surface area (Å²) in [5, 5.41) is 10.4. The van der Waals surface area contributed by atoms with Crippen molar-refractivity contribution in [3.8, 4) is 6.07 Å². The minimum absolute atomic E-state index is 0.275. The lowest BCUT2D eigenvalue weighted by Gasteiger charge is -2.11. The molecule has 6 heteroatoms. The van der Waals surface area contributed by atoms with Crippen LogP contribution >= 0.6 is 11.3 Å². The molecule has 0 bridgehead atoms. The number of nitriles is 1. The Morgan fingerprint density at radius 3 is 2.36 bits per heavy atom. The summed E-state index contributed by atoms with van der Waals surface area (Å²) in [4.78, 5) is 0. The lowest BCUT2D eigenvalue weighted by atomic mass is 9.80. The molecule has 0 amide bonds. The monoisotopic (exact) mass is 176 g/mol. The fourth-order valence-electron chi connectivity index (χ4n) is 0.651. The molecule has 1 nitrogen and oxygen atoms in total. The van der Waals surface area contributed by atoms with Crippen LogP contribution in [0.1, 0.15) is 5.56 Å². The fourth-order valence-corrected chi connectivity index (χ4v) is 1.47. The van der Waals surface area contributed by atoms with Crippen molar-refractivity contribution in [2.45, 2.75) is 0 Å². The van der Waals surface area contributed by atoms with E-state index in [0.717, 1.165) is 16.7 Å². The summed E-state index contributed by atoms with van der Waals surface area (Å²) in [7, 11) is 0. The summed E-state index contributed by atoms with van der Waals surface area (Å²) in [6.45, 7) is -5.01. The molecule has 0 atom stereocenters. The van der Waals surface area contributed by atoms with Gasteiger partial charge in [0, 0.05) is 10.9 Å². The smallest absolute Gasteiger partial charge is 0.445 e. The normalized spacial score (nSPS) is 11.1. The molecule has 1 aromatic rings. The van der Waals surface area contributed by atoms with E-state index in [1.165, 1.54) is 11.4 Å². The van der Waals surface area contributed by atoms with Gasteiger partial charge in [-0.25, -0.2) is 0 Å². The third-order valence-corrected chi connectivity index (χ3v) is 1.93. The maximum Gasteiger partial charge on any atom is 0.511 e. The highest BCUT2D eigenvalue weighted by Crippen LogP contribution is 2.14. The van der Waals surface area contributed by atoms with Crippen LogP contribution in [-0.2, 0) is 0 Å². The predicted octanol–water partition coefficient (Wildman–Crippen LogP) is 1.67. The zero-order valence-electron chi connectivity index (χ0n) is 5.22. The van der Waals surface area contributed by atoms with E-state index >= 15 is 0 Å². The van der Waals surface area contributed by atoms with Gasteiger partial charge in [-0.15, -0.1) is 0 Å². The van der Waals surface area contributed by atoms with Crippen molar-refractivity contribution in [3.05, 3.63) is 16.3 Å². The first-order chi connectivity index (χ1) is 5.05. The highest BCUT2D eigenvalue weighted by molar-refractivity contribution is 7.09. The van der Waals surface area contributed by atoms with E-state index < -0.39 is 12.4 Å². The second kappa shape index (κ2) is 2.59. The second-order valence-corrected chi connectivity index (χ2v) is 2.67. The molecule has 0 spiro atoms. The van der Waals surface area contributed by atoms with Gasteiger partial charge in [-0.2, -0.15) is 16.6 Å². The second-order valence-electron chi connectivity index (χ2n) is 1.93. The van der Waals surface area contributed by atoms with Gasteiger partial charge in [-0.1, -0.05) is 5.46 Å². The highest BCUT2D eigenvalue weighted by Gasteiger charge is 2.28. The van der Waals surface area contributed by atoms with Gasteiger partial charge in [-0.3, -0.25) is 0 Å². The molecule has 0 aliphatic carbocycles. The topological polar surface area (TPSA) is 23.8 Å². The zero-order valence-corrected chi connectivity index (χ0v) is 6.04. The van der Waals surface area contributed by atoms with Crippen LogP contribution in [0.3, 0.4) is 0 Å². The first-order valence-corrected chi connectivity index (χ1v) is 3.66. The number of hydrogen-bond acceptors (Lipinski definition) is 2. The maximum atomic E-state index is 12.0. The third-order valence-electron chi connectivity index (χ3n) is 1.17. The van der Waals surface area contributed by atoms with E-state index in [1.807, 2.05) is 0 Å². The molecule has 0 fully saturated rings. The Bertz CT molecular complexity index is 297. The van der Waals surface area contributed by atoms with Crippen LogP contribution in [0, 0.1) is 11.3 Å². The summed E-state index contributed by atoms with van der Waals surface area (Å²) in [5.41, 5.74) is -1.06. The van der Waals surface area contributed by atoms with Crippen molar-refractivity contribution < 1.29 is 12.9 Å². The van der Waals surface area contributed by atoms with Crippen LogP contribution in [0.25, 0.3) is 0 Å². The molecule has 11 heavy (non-hydrogen) atoms. The summed E-state index contributed by atoms with van der Waals surface area (Å²) in [5.74, 6) is 0. The zero-order chi connectivity index (χ0) is 8.48. The Hall–Kier alpha value is -0.955. The highest BCUT2D eigenvalue weighted by atomic mass is 32.1. The SMILES string of the molecule is N#Cc1cscc1[B-](F)(F)F. The molecule has 0 radical (unpaired) electrons. The molecule has 0 aliphatic rings. The summed E-state index contributed by atoms with van der Waals surface area (Å²) in [6.07, 6.45) is 0. The van der Waals surface area contributed by atoms with E-state index in [0.29, 0.717) is 0 Å². The van der Waals surface area contributed by atoms with Crippen LogP contribution < -0.4 is 5.46 Å². The van der Waals surface area contributed by atoms with Gasteiger partial charge in [0.25, 0.3) is 0 Å². The van der Waals surface area contributed by atoms with Gasteiger partial charge in [-0.05, 0) is 5.38 Å². The molecule has 0 aromatic carbocycles. The Kier molecular flexibility index (Phi) is 1.91. The number of thiophene rings is 1. The van der Waals surface area contributed by atoms with E-state index in [1.54, 1.807) is 0 Å². The molecule has 0 saturated carbocycles. The van der Waals surface area contributed by atoms with Crippen molar-refractivity contribution in [3.63, 3.8) is 0 Å². The first-order valence-electron chi connectivity index (χ1n) is 2.72. The molecule has 0 N–H and O–H groups in total. The lowest BCUT2D eigenvalue weighted by molar-refractivity contribution is 0.501. The Morgan fingerprint density at radius 2 is 2.00 bits per heavy atom. The average Bonchev–Trinajstić information content (AvgIpc) is 2.31. The van der Waals surface area contributed by atoms with Crippen LogP contribution in [-0.4, -0.2) is 6.98 Å². The average molecular weight is 176 g/mol. The van der Waals surface area contributed by atoms with Crippen LogP contribution in [0.4, 0.5) is 12.9 Å². The Labute approximate surface area is 65.1 Å². The first kappa shape index (κ1) is 8.14. The van der Waals surface area contributed by atoms with E-state index in [4.69, 9.17) is 5.26 Å². The largest absolute Gasteiger partial charge is 0.511 e. The number of hydrogen-bond donors (Lipinski definition) is 0. The van der Waals surface area contributed by atoms with E-state index in [9.17, 15) is 12.9 Å². The van der Waals surface area contributed by atoms with Crippen molar-refractivity contribution in [2.24, 2.45) is 0 Å². The molecule has 58 valence electrons. The quantitative estimate of drug-likeness (QED) is 0.597. The van der Waals surface area contributed by atoms with Crippen molar-refractivity contribution >= 4 is 23.8 Å². The molecule has 0 unspecified atom stereocenters. The van der Waals surface area contributed by atoms with Crippen molar-refractivity contribution in [1.82, 2.24) is 0 Å². The van der Waals surface area contributed by atoms with Gasteiger partial charge in [0.05, 0.1) is 6.07 Å². The Balaban J connectivity index is 3.15. The van der Waals surface area contributed by atoms with Crippen LogP contribution in [0.5, 0.6) is 0 Å². The van der Waals surface area contributed by atoms with Gasteiger partial charge in [0.1, 0.15) is 0 Å². The number of nitrogens with zero attached hydrogens (tertiary/aromatic N) is 1. The lowest BCUT2D eigenvalue weighted by Crippen LogP contribution is -2.34. The number of halogens is 3. The molecule has 1 aromatic heterocycles. The molecular weight excluding hydrogens is 174 g/mol. The van der Waals surface area contributed by atoms with E-state index in [-0.39, 0.29) is 5.56 Å². The fraction of sp³-hybridized carbons (Fsp3) is 0. The molecule has 1 heterocycles. The Morgan fingerprint density at radius 1 is 1.36 bits per heavy atom. The minimum Gasteiger partial charge on any atom is -0.445 e. The summed E-state index contributed by atoms with van der Waals surface area (Å²) < 4.78 is 36.0. The standard InChI is InChI=1S/C5H2BF3NS/c7-6(8,9)5-3-11-2-4(5)1-10/h2-3H/q-1. The summed E-state index contributed by atoms with van der Waals surface area (Å²) in [6, 6.07) is 1.49. The molecule has 0 saturated heterocycles. The third kappa shape index (κ3) is 1.55. The maximum absolute atomic E-state index is 12.0. The van der Waals surface area contributed by atoms with Gasteiger partial charge in [0.15, 0.2) is 0 Å². The summed E-state index contributed by atoms with van der Waals surface area (Å²) >= 11 is 0.891. The van der Waals surface area contributed by atoms with Gasteiger partial charge >= 0.3 is 6.98 Å². The molecular formula is C5H2BF3NS-. The van der Waals surface area contributed by atoms with E-state index in [2.05, 4.69) is 0 Å². The minimum atomic E-state index is -5.01. The number of rotatable bonds is 1. The predicted molar refractivity (Wildman–Crippen MR) is 37.7 cm³/mol. The van der Waals surface area contributed by atoms with Gasteiger partial charge < -0.3 is 12.9 Å². The molecule has 1 rings (SSSR count). The van der Waals surface area contributed by atoms with Gasteiger partial charge in [0.2, 0.25) is 0 Å². The molecule has 0 aliphatic heterocycles. The van der Waals surface area contributed by atoms with Crippen molar-refractivity contribution in [2.75, 3.05) is 0 Å². The van der Waals surface area contributed by atoms with Crippen LogP contribution in [0.2, 0.25) is 0 Å².